The highest BCUT2D eigenvalue weighted by Crippen LogP contribution is 2.30. The summed E-state index contributed by atoms with van der Waals surface area (Å²) in [5.74, 6) is 0. The number of imidazole rings is 1. The second-order valence-corrected chi connectivity index (χ2v) is 8.63. The van der Waals surface area contributed by atoms with Crippen LogP contribution in [-0.2, 0) is 10.0 Å². The molecule has 4 aromatic rings. The van der Waals surface area contributed by atoms with Crippen molar-refractivity contribution in [1.82, 2.24) is 9.38 Å². The van der Waals surface area contributed by atoms with E-state index in [0.29, 0.717) is 11.4 Å². The molecule has 0 amide bonds. The average Bonchev–Trinajstić information content (AvgIpc) is 3.09. The van der Waals surface area contributed by atoms with Gasteiger partial charge in [0, 0.05) is 18.0 Å². The van der Waals surface area contributed by atoms with Crippen LogP contribution in [-0.4, -0.2) is 17.8 Å². The number of nitrogens with one attached hydrogen (secondary N) is 1. The van der Waals surface area contributed by atoms with Crippen LogP contribution in [0, 0.1) is 20.8 Å². The van der Waals surface area contributed by atoms with E-state index in [1.54, 1.807) is 18.2 Å². The summed E-state index contributed by atoms with van der Waals surface area (Å²) in [6, 6.07) is 16.4. The summed E-state index contributed by atoms with van der Waals surface area (Å²) < 4.78 is 30.6. The monoisotopic (exact) mass is 391 g/mol. The molecule has 28 heavy (non-hydrogen) atoms. The predicted octanol–water partition coefficient (Wildman–Crippen LogP) is 4.73. The van der Waals surface area contributed by atoms with Crippen molar-refractivity contribution in [3.05, 3.63) is 83.7 Å². The minimum atomic E-state index is -3.71. The lowest BCUT2D eigenvalue weighted by Gasteiger charge is -2.12. The van der Waals surface area contributed by atoms with Crippen molar-refractivity contribution in [2.45, 2.75) is 25.7 Å². The third kappa shape index (κ3) is 3.27. The Morgan fingerprint density at radius 3 is 2.43 bits per heavy atom. The molecule has 142 valence electrons. The van der Waals surface area contributed by atoms with E-state index in [1.807, 2.05) is 74.0 Å². The van der Waals surface area contributed by atoms with Crippen molar-refractivity contribution in [3.63, 3.8) is 0 Å². The van der Waals surface area contributed by atoms with E-state index in [2.05, 4.69) is 4.72 Å². The Kier molecular flexibility index (Phi) is 4.43. The number of benzene rings is 2. The first kappa shape index (κ1) is 18.3. The number of hydrogen-bond donors (Lipinski definition) is 1. The van der Waals surface area contributed by atoms with Gasteiger partial charge in [0.25, 0.3) is 10.0 Å². The molecule has 0 saturated heterocycles. The van der Waals surface area contributed by atoms with Gasteiger partial charge in [-0.25, -0.2) is 13.4 Å². The van der Waals surface area contributed by atoms with Crippen LogP contribution in [0.5, 0.6) is 0 Å². The molecule has 0 aliphatic heterocycles. The van der Waals surface area contributed by atoms with Gasteiger partial charge in [0.1, 0.15) is 5.65 Å². The van der Waals surface area contributed by atoms with E-state index in [1.165, 1.54) is 0 Å². The molecular weight excluding hydrogens is 370 g/mol. The number of fused-ring (bicyclic) bond motifs is 1. The summed E-state index contributed by atoms with van der Waals surface area (Å²) in [4.78, 5) is 4.95. The van der Waals surface area contributed by atoms with Crippen molar-refractivity contribution in [2.75, 3.05) is 4.72 Å². The molecule has 6 heteroatoms. The molecular formula is C22H21N3O2S. The standard InChI is InChI=1S/C22H21N3O2S/c1-15-10-11-18(13-17(15)3)28(26,27)24-20-9-5-4-8-19(20)21-14-25-12-6-7-16(2)22(25)23-21/h4-14,24H,1-3H3. The smallest absolute Gasteiger partial charge is 0.261 e. The van der Waals surface area contributed by atoms with Gasteiger partial charge in [0.15, 0.2) is 0 Å². The van der Waals surface area contributed by atoms with Crippen molar-refractivity contribution >= 4 is 21.4 Å². The van der Waals surface area contributed by atoms with E-state index in [4.69, 9.17) is 4.98 Å². The van der Waals surface area contributed by atoms with Gasteiger partial charge in [0.05, 0.1) is 16.3 Å². The second kappa shape index (κ2) is 6.80. The molecule has 0 aliphatic rings. The first-order chi connectivity index (χ1) is 13.3. The van der Waals surface area contributed by atoms with Crippen LogP contribution in [0.2, 0.25) is 0 Å². The fourth-order valence-electron chi connectivity index (χ4n) is 3.16. The molecule has 0 aliphatic carbocycles. The Bertz CT molecular complexity index is 1290. The van der Waals surface area contributed by atoms with Gasteiger partial charge in [-0.3, -0.25) is 4.72 Å². The molecule has 0 atom stereocenters. The summed E-state index contributed by atoms with van der Waals surface area (Å²) in [5.41, 5.74) is 5.85. The summed E-state index contributed by atoms with van der Waals surface area (Å²) in [7, 11) is -3.71. The van der Waals surface area contributed by atoms with E-state index in [0.717, 1.165) is 27.9 Å². The van der Waals surface area contributed by atoms with Crippen molar-refractivity contribution < 1.29 is 8.42 Å². The molecule has 2 heterocycles. The highest BCUT2D eigenvalue weighted by molar-refractivity contribution is 7.92. The zero-order chi connectivity index (χ0) is 19.9. The number of rotatable bonds is 4. The molecule has 2 aromatic heterocycles. The zero-order valence-electron chi connectivity index (χ0n) is 16.0. The van der Waals surface area contributed by atoms with Crippen LogP contribution >= 0.6 is 0 Å². The Morgan fingerprint density at radius 1 is 0.893 bits per heavy atom. The van der Waals surface area contributed by atoms with Crippen LogP contribution in [0.25, 0.3) is 16.9 Å². The molecule has 5 nitrogen and oxygen atoms in total. The number of nitrogens with zero attached hydrogens (tertiary/aromatic N) is 2. The Balaban J connectivity index is 1.77. The molecule has 0 fully saturated rings. The van der Waals surface area contributed by atoms with Crippen molar-refractivity contribution in [2.24, 2.45) is 0 Å². The number of anilines is 1. The summed E-state index contributed by atoms with van der Waals surface area (Å²) in [6.45, 7) is 5.86. The minimum Gasteiger partial charge on any atom is -0.306 e. The quantitative estimate of drug-likeness (QED) is 0.547. The highest BCUT2D eigenvalue weighted by Gasteiger charge is 2.18. The highest BCUT2D eigenvalue weighted by atomic mass is 32.2. The normalized spacial score (nSPS) is 11.7. The number of aromatic nitrogens is 2. The van der Waals surface area contributed by atoms with Gasteiger partial charge in [-0.05, 0) is 61.7 Å². The van der Waals surface area contributed by atoms with Crippen LogP contribution in [0.15, 0.2) is 71.9 Å². The van der Waals surface area contributed by atoms with Crippen molar-refractivity contribution in [3.8, 4) is 11.3 Å². The Hall–Kier alpha value is -3.12. The van der Waals surface area contributed by atoms with Crippen LogP contribution in [0.3, 0.4) is 0 Å². The SMILES string of the molecule is Cc1ccc(S(=O)(=O)Nc2ccccc2-c2cn3cccc(C)c3n2)cc1C. The third-order valence-corrected chi connectivity index (χ3v) is 6.28. The van der Waals surface area contributed by atoms with Crippen LogP contribution in [0.4, 0.5) is 5.69 Å². The number of para-hydroxylation sites is 1. The zero-order valence-corrected chi connectivity index (χ0v) is 16.8. The topological polar surface area (TPSA) is 63.5 Å². The van der Waals surface area contributed by atoms with E-state index >= 15 is 0 Å². The maximum absolute atomic E-state index is 12.9. The summed E-state index contributed by atoms with van der Waals surface area (Å²) in [5, 5.41) is 0. The summed E-state index contributed by atoms with van der Waals surface area (Å²) >= 11 is 0. The van der Waals surface area contributed by atoms with E-state index in [9.17, 15) is 8.42 Å². The second-order valence-electron chi connectivity index (χ2n) is 6.95. The summed E-state index contributed by atoms with van der Waals surface area (Å²) in [6.07, 6.45) is 3.84. The fraction of sp³-hybridized carbons (Fsp3) is 0.136. The van der Waals surface area contributed by atoms with Gasteiger partial charge in [-0.2, -0.15) is 0 Å². The predicted molar refractivity (Wildman–Crippen MR) is 112 cm³/mol. The molecule has 0 saturated carbocycles. The number of pyridine rings is 1. The largest absolute Gasteiger partial charge is 0.306 e. The lowest BCUT2D eigenvalue weighted by Crippen LogP contribution is -2.14. The van der Waals surface area contributed by atoms with Gasteiger partial charge >= 0.3 is 0 Å². The van der Waals surface area contributed by atoms with Gasteiger partial charge in [-0.1, -0.05) is 30.3 Å². The van der Waals surface area contributed by atoms with Gasteiger partial charge in [0.2, 0.25) is 0 Å². The maximum Gasteiger partial charge on any atom is 0.261 e. The fourth-order valence-corrected chi connectivity index (χ4v) is 4.33. The number of sulfonamides is 1. The Morgan fingerprint density at radius 2 is 1.68 bits per heavy atom. The lowest BCUT2D eigenvalue weighted by atomic mass is 10.1. The Labute approximate surface area is 164 Å². The molecule has 1 N–H and O–H groups in total. The first-order valence-corrected chi connectivity index (χ1v) is 10.5. The van der Waals surface area contributed by atoms with E-state index < -0.39 is 10.0 Å². The first-order valence-electron chi connectivity index (χ1n) is 8.99. The molecule has 4 rings (SSSR count). The van der Waals surface area contributed by atoms with Gasteiger partial charge < -0.3 is 4.40 Å². The lowest BCUT2D eigenvalue weighted by molar-refractivity contribution is 0.601. The number of hydrogen-bond acceptors (Lipinski definition) is 3. The maximum atomic E-state index is 12.9. The third-order valence-electron chi connectivity index (χ3n) is 4.91. The molecule has 0 radical (unpaired) electrons. The molecule has 0 spiro atoms. The average molecular weight is 391 g/mol. The minimum absolute atomic E-state index is 0.247. The number of aryl methyl sites for hydroxylation is 3. The van der Waals surface area contributed by atoms with E-state index in [-0.39, 0.29) is 4.90 Å². The van der Waals surface area contributed by atoms with Crippen molar-refractivity contribution in [1.29, 1.82) is 0 Å². The van der Waals surface area contributed by atoms with Gasteiger partial charge in [-0.15, -0.1) is 0 Å². The van der Waals surface area contributed by atoms with Crippen LogP contribution < -0.4 is 4.72 Å². The molecule has 0 bridgehead atoms. The molecule has 0 unspecified atom stereocenters. The van der Waals surface area contributed by atoms with Crippen LogP contribution in [0.1, 0.15) is 16.7 Å². The molecule has 2 aromatic carbocycles.